The van der Waals surface area contributed by atoms with Crippen LogP contribution >= 0.6 is 0 Å². The highest BCUT2D eigenvalue weighted by atomic mass is 19.1. The van der Waals surface area contributed by atoms with Crippen LogP contribution in [-0.2, 0) is 0 Å². The van der Waals surface area contributed by atoms with Crippen LogP contribution in [0.3, 0.4) is 0 Å². The monoisotopic (exact) mass is 268 g/mol. The number of nitriles is 1. The first kappa shape index (κ1) is 14.1. The molecule has 2 nitrogen and oxygen atoms in total. The van der Waals surface area contributed by atoms with Gasteiger partial charge in [-0.3, -0.25) is 0 Å². The SMILES string of the molecule is Cc1cc(F)cc(NC(C#N)c2c(C)cccc2C)c1. The lowest BCUT2D eigenvalue weighted by Crippen LogP contribution is -2.12. The Morgan fingerprint density at radius 1 is 1.10 bits per heavy atom. The van der Waals surface area contributed by atoms with Gasteiger partial charge in [-0.25, -0.2) is 4.39 Å². The van der Waals surface area contributed by atoms with Crippen LogP contribution in [0.15, 0.2) is 36.4 Å². The van der Waals surface area contributed by atoms with Crippen LogP contribution in [-0.4, -0.2) is 0 Å². The summed E-state index contributed by atoms with van der Waals surface area (Å²) in [6, 6.07) is 12.4. The van der Waals surface area contributed by atoms with E-state index >= 15 is 0 Å². The second kappa shape index (κ2) is 5.75. The lowest BCUT2D eigenvalue weighted by molar-refractivity contribution is 0.627. The second-order valence-corrected chi connectivity index (χ2v) is 5.03. The van der Waals surface area contributed by atoms with Gasteiger partial charge in [0.05, 0.1) is 6.07 Å². The van der Waals surface area contributed by atoms with Crippen molar-refractivity contribution in [2.45, 2.75) is 26.8 Å². The van der Waals surface area contributed by atoms with E-state index in [0.717, 1.165) is 22.3 Å². The molecule has 0 saturated heterocycles. The molecule has 1 atom stereocenters. The molecule has 0 aliphatic rings. The molecule has 0 heterocycles. The van der Waals surface area contributed by atoms with Crippen molar-refractivity contribution in [2.75, 3.05) is 5.32 Å². The average Bonchev–Trinajstić information content (AvgIpc) is 2.36. The number of aryl methyl sites for hydroxylation is 3. The minimum atomic E-state index is -0.489. The summed E-state index contributed by atoms with van der Waals surface area (Å²) in [6.07, 6.45) is 0. The Kier molecular flexibility index (Phi) is 4.05. The zero-order valence-corrected chi connectivity index (χ0v) is 11.9. The number of nitrogens with one attached hydrogen (secondary N) is 1. The first-order chi connectivity index (χ1) is 9.51. The van der Waals surface area contributed by atoms with Crippen molar-refractivity contribution in [1.82, 2.24) is 0 Å². The Morgan fingerprint density at radius 2 is 1.75 bits per heavy atom. The van der Waals surface area contributed by atoms with Gasteiger partial charge < -0.3 is 5.32 Å². The molecule has 0 radical (unpaired) electrons. The number of benzene rings is 2. The average molecular weight is 268 g/mol. The van der Waals surface area contributed by atoms with E-state index in [0.29, 0.717) is 5.69 Å². The van der Waals surface area contributed by atoms with Crippen molar-refractivity contribution in [1.29, 1.82) is 5.26 Å². The summed E-state index contributed by atoms with van der Waals surface area (Å²) in [5.41, 5.74) is 4.51. The maximum absolute atomic E-state index is 13.4. The van der Waals surface area contributed by atoms with Crippen LogP contribution in [0.25, 0.3) is 0 Å². The lowest BCUT2D eigenvalue weighted by Gasteiger charge is -2.18. The van der Waals surface area contributed by atoms with Crippen LogP contribution in [0.5, 0.6) is 0 Å². The Morgan fingerprint density at radius 3 is 2.30 bits per heavy atom. The molecule has 0 aliphatic heterocycles. The number of nitrogens with zero attached hydrogens (tertiary/aromatic N) is 1. The lowest BCUT2D eigenvalue weighted by atomic mass is 9.96. The van der Waals surface area contributed by atoms with Crippen molar-refractivity contribution in [3.05, 3.63) is 64.5 Å². The summed E-state index contributed by atoms with van der Waals surface area (Å²) in [5.74, 6) is -0.300. The Labute approximate surface area is 118 Å². The molecule has 3 heteroatoms. The number of hydrogen-bond acceptors (Lipinski definition) is 2. The molecule has 0 bridgehead atoms. The van der Waals surface area contributed by atoms with Crippen molar-refractivity contribution >= 4 is 5.69 Å². The van der Waals surface area contributed by atoms with Gasteiger partial charge in [-0.15, -0.1) is 0 Å². The smallest absolute Gasteiger partial charge is 0.140 e. The normalized spacial score (nSPS) is 11.8. The molecule has 102 valence electrons. The van der Waals surface area contributed by atoms with Gasteiger partial charge in [0.1, 0.15) is 11.9 Å². The molecule has 0 spiro atoms. The molecule has 2 aromatic carbocycles. The Hall–Kier alpha value is -2.34. The minimum Gasteiger partial charge on any atom is -0.366 e. The van der Waals surface area contributed by atoms with E-state index in [1.807, 2.05) is 45.0 Å². The first-order valence-electron chi connectivity index (χ1n) is 6.50. The topological polar surface area (TPSA) is 35.8 Å². The standard InChI is InChI=1S/C17H17FN2/c1-11-7-14(18)9-15(8-11)20-16(10-19)17-12(2)5-4-6-13(17)3/h4-9,16,20H,1-3H3. The predicted octanol–water partition coefficient (Wildman–Crippen LogP) is 4.43. The van der Waals surface area contributed by atoms with Crippen molar-refractivity contribution in [3.63, 3.8) is 0 Å². The number of anilines is 1. The summed E-state index contributed by atoms with van der Waals surface area (Å²) in [7, 11) is 0. The van der Waals surface area contributed by atoms with Crippen LogP contribution in [0.2, 0.25) is 0 Å². The van der Waals surface area contributed by atoms with Crippen LogP contribution < -0.4 is 5.32 Å². The van der Waals surface area contributed by atoms with Gasteiger partial charge in [0.25, 0.3) is 0 Å². The zero-order chi connectivity index (χ0) is 14.7. The summed E-state index contributed by atoms with van der Waals surface area (Å²) >= 11 is 0. The fourth-order valence-electron chi connectivity index (χ4n) is 2.44. The molecular weight excluding hydrogens is 251 g/mol. The van der Waals surface area contributed by atoms with Gasteiger partial charge in [0.15, 0.2) is 0 Å². The maximum Gasteiger partial charge on any atom is 0.140 e. The zero-order valence-electron chi connectivity index (χ0n) is 11.9. The fourth-order valence-corrected chi connectivity index (χ4v) is 2.44. The molecule has 0 aliphatic carbocycles. The van der Waals surface area contributed by atoms with Crippen molar-refractivity contribution < 1.29 is 4.39 Å². The van der Waals surface area contributed by atoms with Gasteiger partial charge >= 0.3 is 0 Å². The van der Waals surface area contributed by atoms with E-state index in [2.05, 4.69) is 11.4 Å². The molecule has 0 aromatic heterocycles. The molecule has 0 fully saturated rings. The van der Waals surface area contributed by atoms with Crippen LogP contribution in [0.1, 0.15) is 28.3 Å². The molecule has 0 amide bonds. The Bertz CT molecular complexity index is 631. The van der Waals surface area contributed by atoms with Gasteiger partial charge in [-0.2, -0.15) is 5.26 Å². The maximum atomic E-state index is 13.4. The molecule has 0 saturated carbocycles. The summed E-state index contributed by atoms with van der Waals surface area (Å²) in [6.45, 7) is 5.78. The molecule has 1 unspecified atom stereocenters. The number of halogens is 1. The van der Waals surface area contributed by atoms with E-state index in [4.69, 9.17) is 0 Å². The predicted molar refractivity (Wildman–Crippen MR) is 79.0 cm³/mol. The quantitative estimate of drug-likeness (QED) is 0.894. The van der Waals surface area contributed by atoms with Crippen molar-refractivity contribution in [3.8, 4) is 6.07 Å². The summed E-state index contributed by atoms with van der Waals surface area (Å²) < 4.78 is 13.4. The van der Waals surface area contributed by atoms with Crippen LogP contribution in [0.4, 0.5) is 10.1 Å². The third-order valence-electron chi connectivity index (χ3n) is 3.31. The summed E-state index contributed by atoms with van der Waals surface area (Å²) in [4.78, 5) is 0. The van der Waals surface area contributed by atoms with Gasteiger partial charge in [0, 0.05) is 5.69 Å². The third kappa shape index (κ3) is 2.97. The van der Waals surface area contributed by atoms with Gasteiger partial charge in [0.2, 0.25) is 0 Å². The highest BCUT2D eigenvalue weighted by Crippen LogP contribution is 2.26. The molecule has 2 aromatic rings. The third-order valence-corrected chi connectivity index (χ3v) is 3.31. The Balaban J connectivity index is 2.37. The van der Waals surface area contributed by atoms with Gasteiger partial charge in [-0.1, -0.05) is 18.2 Å². The highest BCUT2D eigenvalue weighted by molar-refractivity contribution is 5.52. The van der Waals surface area contributed by atoms with E-state index in [1.165, 1.54) is 12.1 Å². The molecule has 1 N–H and O–H groups in total. The summed E-state index contributed by atoms with van der Waals surface area (Å²) in [5, 5.41) is 12.5. The van der Waals surface area contributed by atoms with E-state index in [9.17, 15) is 9.65 Å². The molecule has 20 heavy (non-hydrogen) atoms. The minimum absolute atomic E-state index is 0.300. The van der Waals surface area contributed by atoms with E-state index in [-0.39, 0.29) is 5.82 Å². The molecular formula is C17H17FN2. The number of rotatable bonds is 3. The van der Waals surface area contributed by atoms with Crippen LogP contribution in [0, 0.1) is 37.9 Å². The second-order valence-electron chi connectivity index (χ2n) is 5.03. The van der Waals surface area contributed by atoms with Crippen molar-refractivity contribution in [2.24, 2.45) is 0 Å². The number of hydrogen-bond donors (Lipinski definition) is 1. The fraction of sp³-hybridized carbons (Fsp3) is 0.235. The largest absolute Gasteiger partial charge is 0.366 e. The van der Waals surface area contributed by atoms with E-state index < -0.39 is 6.04 Å². The highest BCUT2D eigenvalue weighted by Gasteiger charge is 2.15. The van der Waals surface area contributed by atoms with Gasteiger partial charge in [-0.05, 0) is 61.2 Å². The van der Waals surface area contributed by atoms with E-state index in [1.54, 1.807) is 0 Å². The molecule has 2 rings (SSSR count). The first-order valence-corrected chi connectivity index (χ1v) is 6.50.